The van der Waals surface area contributed by atoms with Crippen LogP contribution in [0.1, 0.15) is 47.1 Å². The summed E-state index contributed by atoms with van der Waals surface area (Å²) < 4.78 is 5.54. The average Bonchev–Trinajstić information content (AvgIpc) is 3.08. The summed E-state index contributed by atoms with van der Waals surface area (Å²) >= 11 is 0. The lowest BCUT2D eigenvalue weighted by molar-refractivity contribution is -0.116. The van der Waals surface area contributed by atoms with Crippen LogP contribution in [0.5, 0.6) is 0 Å². The van der Waals surface area contributed by atoms with Crippen molar-refractivity contribution in [2.75, 3.05) is 5.32 Å². The van der Waals surface area contributed by atoms with E-state index in [0.29, 0.717) is 12.3 Å². The number of carbonyl (C=O) groups excluding carboxylic acids is 1. The molecule has 5 rings (SSSR count). The highest BCUT2D eigenvalue weighted by molar-refractivity contribution is 6.01. The van der Waals surface area contributed by atoms with Gasteiger partial charge in [-0.15, -0.1) is 0 Å². The van der Waals surface area contributed by atoms with Gasteiger partial charge in [0.2, 0.25) is 5.88 Å². The first-order chi connectivity index (χ1) is 13.2. The molecular formula is C22H19N3O2. The first-order valence-corrected chi connectivity index (χ1v) is 9.16. The summed E-state index contributed by atoms with van der Waals surface area (Å²) in [5, 5.41) is 7.50. The minimum absolute atomic E-state index is 0.171. The molecule has 2 aromatic heterocycles. The van der Waals surface area contributed by atoms with Crippen LogP contribution in [0.3, 0.4) is 0 Å². The Balaban J connectivity index is 1.63. The largest absolute Gasteiger partial charge is 0.338 e. The molecule has 0 amide bonds. The number of rotatable bonds is 2. The van der Waals surface area contributed by atoms with Gasteiger partial charge in [0, 0.05) is 36.0 Å². The number of aromatic nitrogens is 2. The number of hydrogen-bond donors (Lipinski definition) is 1. The number of ketones is 1. The lowest BCUT2D eigenvalue weighted by Crippen LogP contribution is -2.29. The van der Waals surface area contributed by atoms with E-state index in [1.165, 1.54) is 5.56 Å². The van der Waals surface area contributed by atoms with Crippen molar-refractivity contribution >= 4 is 11.7 Å². The number of benzene rings is 1. The minimum atomic E-state index is -0.180. The molecule has 2 atom stereocenters. The fourth-order valence-electron chi connectivity index (χ4n) is 4.31. The number of Topliss-reactive ketones (excluding diaryl/α,β-unsaturated/α-hetero) is 1. The Morgan fingerprint density at radius 2 is 1.89 bits per heavy atom. The Bertz CT molecular complexity index is 1040. The Morgan fingerprint density at radius 1 is 1.07 bits per heavy atom. The fraction of sp³-hybridized carbons (Fsp3) is 0.227. The third-order valence-electron chi connectivity index (χ3n) is 5.55. The van der Waals surface area contributed by atoms with Gasteiger partial charge in [0.05, 0.1) is 11.3 Å². The van der Waals surface area contributed by atoms with E-state index < -0.39 is 0 Å². The summed E-state index contributed by atoms with van der Waals surface area (Å²) in [7, 11) is 0. The third-order valence-corrected chi connectivity index (χ3v) is 5.55. The number of hydrogen-bond acceptors (Lipinski definition) is 5. The number of fused-ring (bicyclic) bond motifs is 1. The van der Waals surface area contributed by atoms with Crippen molar-refractivity contribution in [3.05, 3.63) is 88.5 Å². The number of nitrogens with zero attached hydrogens (tertiary/aromatic N) is 2. The number of nitrogens with one attached hydrogen (secondary N) is 1. The zero-order valence-electron chi connectivity index (χ0n) is 15.0. The zero-order chi connectivity index (χ0) is 18.4. The van der Waals surface area contributed by atoms with E-state index >= 15 is 0 Å². The molecule has 27 heavy (non-hydrogen) atoms. The Labute approximate surface area is 157 Å². The summed E-state index contributed by atoms with van der Waals surface area (Å²) in [5.74, 6) is 0.810. The van der Waals surface area contributed by atoms with E-state index in [2.05, 4.69) is 27.6 Å². The normalized spacial score (nSPS) is 21.4. The first kappa shape index (κ1) is 16.0. The van der Waals surface area contributed by atoms with Crippen molar-refractivity contribution in [1.82, 2.24) is 10.1 Å². The van der Waals surface area contributed by atoms with Gasteiger partial charge in [-0.1, -0.05) is 41.6 Å². The van der Waals surface area contributed by atoms with Crippen LogP contribution in [-0.2, 0) is 4.79 Å². The molecule has 1 N–H and O–H groups in total. The lowest BCUT2D eigenvalue weighted by atomic mass is 9.72. The molecule has 0 fully saturated rings. The smallest absolute Gasteiger partial charge is 0.233 e. The van der Waals surface area contributed by atoms with Crippen LogP contribution in [0.15, 0.2) is 70.7 Å². The Hall–Kier alpha value is -3.21. The topological polar surface area (TPSA) is 68.0 Å². The van der Waals surface area contributed by atoms with Gasteiger partial charge in [-0.3, -0.25) is 9.78 Å². The van der Waals surface area contributed by atoms with Gasteiger partial charge in [-0.05, 0) is 36.5 Å². The van der Waals surface area contributed by atoms with E-state index in [0.717, 1.165) is 34.5 Å². The lowest BCUT2D eigenvalue weighted by Gasteiger charge is -2.34. The Kier molecular flexibility index (Phi) is 3.67. The Morgan fingerprint density at radius 3 is 2.67 bits per heavy atom. The standard InChI is InChI=1S/C22H19N3O2/c1-13-19-20(15-8-5-9-23-12-15)21-17(24-22(19)27-25-13)10-16(11-18(21)26)14-6-3-2-4-7-14/h2-9,12,16,20,24H,10-11H2,1H3/t16-,20-/m0/s1. The van der Waals surface area contributed by atoms with E-state index in [1.54, 1.807) is 6.20 Å². The summed E-state index contributed by atoms with van der Waals surface area (Å²) in [6.07, 6.45) is 4.87. The molecule has 5 heteroatoms. The van der Waals surface area contributed by atoms with Gasteiger partial charge in [0.25, 0.3) is 0 Å². The molecule has 0 unspecified atom stereocenters. The molecule has 0 spiro atoms. The predicted molar refractivity (Wildman–Crippen MR) is 101 cm³/mol. The molecule has 5 nitrogen and oxygen atoms in total. The number of allylic oxidation sites excluding steroid dienone is 2. The SMILES string of the molecule is Cc1noc2c1[C@H](c1cccnc1)C1=C(C[C@H](c3ccccc3)CC1=O)N2. The third kappa shape index (κ3) is 2.58. The summed E-state index contributed by atoms with van der Waals surface area (Å²) in [4.78, 5) is 17.5. The van der Waals surface area contributed by atoms with Crippen molar-refractivity contribution in [2.45, 2.75) is 31.6 Å². The summed E-state index contributed by atoms with van der Waals surface area (Å²) in [6.45, 7) is 1.92. The zero-order valence-corrected chi connectivity index (χ0v) is 15.0. The van der Waals surface area contributed by atoms with Gasteiger partial charge >= 0.3 is 0 Å². The molecule has 3 aromatic rings. The van der Waals surface area contributed by atoms with Crippen LogP contribution >= 0.6 is 0 Å². The van der Waals surface area contributed by atoms with Crippen molar-refractivity contribution < 1.29 is 9.32 Å². The van der Waals surface area contributed by atoms with E-state index in [1.807, 2.05) is 43.5 Å². The first-order valence-electron chi connectivity index (χ1n) is 9.16. The van der Waals surface area contributed by atoms with Crippen molar-refractivity contribution in [3.63, 3.8) is 0 Å². The molecule has 0 bridgehead atoms. The molecule has 1 aliphatic heterocycles. The summed E-state index contributed by atoms with van der Waals surface area (Å²) in [6, 6.07) is 14.1. The summed E-state index contributed by atoms with van der Waals surface area (Å²) in [5.41, 5.74) is 5.69. The highest BCUT2D eigenvalue weighted by Gasteiger charge is 2.41. The maximum Gasteiger partial charge on any atom is 0.233 e. The van der Waals surface area contributed by atoms with Crippen molar-refractivity contribution in [1.29, 1.82) is 0 Å². The van der Waals surface area contributed by atoms with Gasteiger partial charge in [-0.25, -0.2) is 0 Å². The van der Waals surface area contributed by atoms with Crippen LogP contribution in [-0.4, -0.2) is 15.9 Å². The molecule has 134 valence electrons. The molecule has 0 saturated carbocycles. The van der Waals surface area contributed by atoms with Crippen LogP contribution in [0.2, 0.25) is 0 Å². The molecule has 0 radical (unpaired) electrons. The molecule has 1 aliphatic carbocycles. The van der Waals surface area contributed by atoms with Gasteiger partial charge in [0.1, 0.15) is 0 Å². The molecule has 2 aliphatic rings. The highest BCUT2D eigenvalue weighted by atomic mass is 16.5. The van der Waals surface area contributed by atoms with Gasteiger partial charge < -0.3 is 9.84 Å². The van der Waals surface area contributed by atoms with Crippen molar-refractivity contribution in [2.24, 2.45) is 0 Å². The molecular weight excluding hydrogens is 338 g/mol. The molecule has 0 saturated heterocycles. The number of carbonyl (C=O) groups is 1. The van der Waals surface area contributed by atoms with Crippen LogP contribution in [0.4, 0.5) is 5.88 Å². The second-order valence-corrected chi connectivity index (χ2v) is 7.19. The molecule has 1 aromatic carbocycles. The van der Waals surface area contributed by atoms with E-state index in [9.17, 15) is 4.79 Å². The van der Waals surface area contributed by atoms with Gasteiger partial charge in [-0.2, -0.15) is 0 Å². The van der Waals surface area contributed by atoms with Crippen molar-refractivity contribution in [3.8, 4) is 0 Å². The van der Waals surface area contributed by atoms with Crippen LogP contribution in [0, 0.1) is 6.92 Å². The predicted octanol–water partition coefficient (Wildman–Crippen LogP) is 4.34. The molecule has 3 heterocycles. The number of pyridine rings is 1. The minimum Gasteiger partial charge on any atom is -0.338 e. The van der Waals surface area contributed by atoms with E-state index in [4.69, 9.17) is 4.52 Å². The van der Waals surface area contributed by atoms with E-state index in [-0.39, 0.29) is 17.6 Å². The quantitative estimate of drug-likeness (QED) is 0.739. The maximum atomic E-state index is 13.3. The maximum absolute atomic E-state index is 13.3. The van der Waals surface area contributed by atoms with Crippen LogP contribution < -0.4 is 5.32 Å². The number of aryl methyl sites for hydroxylation is 1. The second kappa shape index (κ2) is 6.20. The van der Waals surface area contributed by atoms with Gasteiger partial charge in [0.15, 0.2) is 5.78 Å². The monoisotopic (exact) mass is 357 g/mol. The van der Waals surface area contributed by atoms with Crippen LogP contribution in [0.25, 0.3) is 0 Å². The second-order valence-electron chi connectivity index (χ2n) is 7.19. The fourth-order valence-corrected chi connectivity index (χ4v) is 4.31. The highest BCUT2D eigenvalue weighted by Crippen LogP contribution is 2.48. The number of anilines is 1. The average molecular weight is 357 g/mol.